The molecule has 3 heteroatoms. The van der Waals surface area contributed by atoms with Crippen molar-refractivity contribution < 1.29 is 5.11 Å². The SMILES string of the molecule is CCC(CC)N(CCO)CCCCN. The van der Waals surface area contributed by atoms with Gasteiger partial charge in [0.05, 0.1) is 6.61 Å². The second-order valence-corrected chi connectivity index (χ2v) is 3.73. The van der Waals surface area contributed by atoms with E-state index in [1.165, 1.54) is 12.8 Å². The van der Waals surface area contributed by atoms with E-state index >= 15 is 0 Å². The van der Waals surface area contributed by atoms with Crippen LogP contribution in [0.5, 0.6) is 0 Å². The van der Waals surface area contributed by atoms with Crippen molar-refractivity contribution in [1.29, 1.82) is 0 Å². The number of rotatable bonds is 9. The fourth-order valence-corrected chi connectivity index (χ4v) is 1.87. The van der Waals surface area contributed by atoms with Gasteiger partial charge in [-0.05, 0) is 38.8 Å². The third-order valence-corrected chi connectivity index (χ3v) is 2.75. The van der Waals surface area contributed by atoms with E-state index in [1.54, 1.807) is 0 Å². The number of hydrogen-bond donors (Lipinski definition) is 2. The van der Waals surface area contributed by atoms with E-state index in [2.05, 4.69) is 18.7 Å². The third-order valence-electron chi connectivity index (χ3n) is 2.75. The van der Waals surface area contributed by atoms with Crippen LogP contribution in [0.3, 0.4) is 0 Å². The molecule has 0 aliphatic heterocycles. The lowest BCUT2D eigenvalue weighted by Gasteiger charge is -2.29. The third kappa shape index (κ3) is 5.58. The topological polar surface area (TPSA) is 49.5 Å². The molecule has 0 unspecified atom stereocenters. The summed E-state index contributed by atoms with van der Waals surface area (Å²) in [5.41, 5.74) is 5.46. The Hall–Kier alpha value is -0.120. The van der Waals surface area contributed by atoms with Crippen molar-refractivity contribution in [2.24, 2.45) is 5.73 Å². The molecule has 0 spiro atoms. The van der Waals surface area contributed by atoms with Gasteiger partial charge in [0.25, 0.3) is 0 Å². The summed E-state index contributed by atoms with van der Waals surface area (Å²) in [4.78, 5) is 2.38. The normalized spacial score (nSPS) is 11.6. The minimum Gasteiger partial charge on any atom is -0.395 e. The molecule has 0 aromatic heterocycles. The standard InChI is InChI=1S/C11H26N2O/c1-3-11(4-2)13(9-10-14)8-6-5-7-12/h11,14H,3-10,12H2,1-2H3. The molecular formula is C11H26N2O. The summed E-state index contributed by atoms with van der Waals surface area (Å²) < 4.78 is 0. The van der Waals surface area contributed by atoms with Gasteiger partial charge in [-0.15, -0.1) is 0 Å². The first-order valence-electron chi connectivity index (χ1n) is 5.85. The number of aliphatic hydroxyl groups is 1. The van der Waals surface area contributed by atoms with Crippen molar-refractivity contribution in [3.63, 3.8) is 0 Å². The second-order valence-electron chi connectivity index (χ2n) is 3.73. The zero-order valence-electron chi connectivity index (χ0n) is 9.71. The van der Waals surface area contributed by atoms with Gasteiger partial charge in [-0.2, -0.15) is 0 Å². The van der Waals surface area contributed by atoms with Gasteiger partial charge in [-0.1, -0.05) is 13.8 Å². The highest BCUT2D eigenvalue weighted by atomic mass is 16.3. The van der Waals surface area contributed by atoms with E-state index in [4.69, 9.17) is 10.8 Å². The summed E-state index contributed by atoms with van der Waals surface area (Å²) in [6, 6.07) is 0.625. The first-order valence-corrected chi connectivity index (χ1v) is 5.85. The van der Waals surface area contributed by atoms with Crippen molar-refractivity contribution in [1.82, 2.24) is 4.90 Å². The molecule has 0 amide bonds. The Bertz CT molecular complexity index is 116. The molecule has 0 saturated carbocycles. The monoisotopic (exact) mass is 202 g/mol. The number of nitrogens with zero attached hydrogens (tertiary/aromatic N) is 1. The van der Waals surface area contributed by atoms with E-state index in [0.29, 0.717) is 6.04 Å². The van der Waals surface area contributed by atoms with Gasteiger partial charge in [0.2, 0.25) is 0 Å². The predicted molar refractivity (Wildman–Crippen MR) is 61.3 cm³/mol. The Kier molecular flexibility index (Phi) is 9.35. The maximum atomic E-state index is 8.97. The van der Waals surface area contributed by atoms with Gasteiger partial charge in [0.15, 0.2) is 0 Å². The first-order chi connectivity index (χ1) is 6.79. The minimum absolute atomic E-state index is 0.263. The first kappa shape index (κ1) is 13.9. The summed E-state index contributed by atoms with van der Waals surface area (Å²) in [7, 11) is 0. The predicted octanol–water partition coefficient (Wildman–Crippen LogP) is 1.21. The molecule has 0 heterocycles. The van der Waals surface area contributed by atoms with Crippen LogP contribution in [-0.4, -0.2) is 42.3 Å². The van der Waals surface area contributed by atoms with Crippen LogP contribution in [0.2, 0.25) is 0 Å². The largest absolute Gasteiger partial charge is 0.395 e. The summed E-state index contributed by atoms with van der Waals surface area (Å²) in [5, 5.41) is 8.97. The Morgan fingerprint density at radius 1 is 1.14 bits per heavy atom. The zero-order valence-corrected chi connectivity index (χ0v) is 9.71. The molecule has 0 bridgehead atoms. The minimum atomic E-state index is 0.263. The molecule has 86 valence electrons. The average Bonchev–Trinajstić information content (AvgIpc) is 2.20. The summed E-state index contributed by atoms with van der Waals surface area (Å²) in [6.07, 6.45) is 4.56. The quantitative estimate of drug-likeness (QED) is 0.553. The zero-order chi connectivity index (χ0) is 10.8. The lowest BCUT2D eigenvalue weighted by Crippen LogP contribution is -2.37. The fourth-order valence-electron chi connectivity index (χ4n) is 1.87. The molecule has 0 fully saturated rings. The molecule has 0 rings (SSSR count). The molecule has 0 radical (unpaired) electrons. The smallest absolute Gasteiger partial charge is 0.0558 e. The van der Waals surface area contributed by atoms with Crippen LogP contribution in [0, 0.1) is 0 Å². The van der Waals surface area contributed by atoms with Crippen molar-refractivity contribution in [3.05, 3.63) is 0 Å². The van der Waals surface area contributed by atoms with E-state index in [-0.39, 0.29) is 6.61 Å². The number of nitrogens with two attached hydrogens (primary N) is 1. The van der Waals surface area contributed by atoms with Crippen molar-refractivity contribution >= 4 is 0 Å². The van der Waals surface area contributed by atoms with Crippen molar-refractivity contribution in [3.8, 4) is 0 Å². The van der Waals surface area contributed by atoms with Crippen molar-refractivity contribution in [2.75, 3.05) is 26.2 Å². The van der Waals surface area contributed by atoms with E-state index in [1.807, 2.05) is 0 Å². The van der Waals surface area contributed by atoms with Crippen LogP contribution in [0.25, 0.3) is 0 Å². The maximum Gasteiger partial charge on any atom is 0.0558 e. The van der Waals surface area contributed by atoms with Crippen molar-refractivity contribution in [2.45, 2.75) is 45.6 Å². The maximum absolute atomic E-state index is 8.97. The average molecular weight is 202 g/mol. The van der Waals surface area contributed by atoms with Gasteiger partial charge in [-0.25, -0.2) is 0 Å². The van der Waals surface area contributed by atoms with Gasteiger partial charge < -0.3 is 10.8 Å². The van der Waals surface area contributed by atoms with Crippen LogP contribution in [0.1, 0.15) is 39.5 Å². The summed E-state index contributed by atoms with van der Waals surface area (Å²) >= 11 is 0. The molecule has 0 aromatic carbocycles. The molecule has 0 aliphatic rings. The van der Waals surface area contributed by atoms with Crippen LogP contribution >= 0.6 is 0 Å². The lowest BCUT2D eigenvalue weighted by atomic mass is 10.1. The molecule has 0 saturated heterocycles. The van der Waals surface area contributed by atoms with Crippen LogP contribution in [0.4, 0.5) is 0 Å². The van der Waals surface area contributed by atoms with E-state index < -0.39 is 0 Å². The number of unbranched alkanes of at least 4 members (excludes halogenated alkanes) is 1. The highest BCUT2D eigenvalue weighted by Crippen LogP contribution is 2.09. The fraction of sp³-hybridized carbons (Fsp3) is 1.00. The second kappa shape index (κ2) is 9.44. The van der Waals surface area contributed by atoms with Gasteiger partial charge in [-0.3, -0.25) is 4.90 Å². The Balaban J connectivity index is 3.85. The molecule has 0 atom stereocenters. The molecule has 0 aromatic rings. The molecule has 14 heavy (non-hydrogen) atoms. The van der Waals surface area contributed by atoms with E-state index in [0.717, 1.165) is 32.5 Å². The molecule has 0 aliphatic carbocycles. The van der Waals surface area contributed by atoms with Gasteiger partial charge >= 0.3 is 0 Å². The van der Waals surface area contributed by atoms with E-state index in [9.17, 15) is 0 Å². The molecule has 3 N–H and O–H groups in total. The van der Waals surface area contributed by atoms with Crippen LogP contribution in [0.15, 0.2) is 0 Å². The lowest BCUT2D eigenvalue weighted by molar-refractivity contribution is 0.141. The van der Waals surface area contributed by atoms with Gasteiger partial charge in [0.1, 0.15) is 0 Å². The van der Waals surface area contributed by atoms with Crippen LogP contribution < -0.4 is 5.73 Å². The van der Waals surface area contributed by atoms with Gasteiger partial charge in [0, 0.05) is 12.6 Å². The Morgan fingerprint density at radius 2 is 1.79 bits per heavy atom. The highest BCUT2D eigenvalue weighted by molar-refractivity contribution is 4.68. The number of hydrogen-bond acceptors (Lipinski definition) is 3. The number of aliphatic hydroxyl groups excluding tert-OH is 1. The highest BCUT2D eigenvalue weighted by Gasteiger charge is 2.13. The summed E-state index contributed by atoms with van der Waals surface area (Å²) in [6.45, 7) is 7.33. The Morgan fingerprint density at radius 3 is 2.21 bits per heavy atom. The Labute approximate surface area is 88.3 Å². The van der Waals surface area contributed by atoms with Crippen LogP contribution in [-0.2, 0) is 0 Å². The summed E-state index contributed by atoms with van der Waals surface area (Å²) in [5.74, 6) is 0. The molecule has 3 nitrogen and oxygen atoms in total. The molecular weight excluding hydrogens is 176 g/mol.